The molecule has 2 heterocycles. The molecule has 5 rings (SSSR count). The molecule has 13 heteroatoms. The molecule has 1 fully saturated rings. The number of hydrogen-bond donors (Lipinski definition) is 3. The number of amides is 2. The fourth-order valence-electron chi connectivity index (χ4n) is 6.01. The zero-order valence-electron chi connectivity index (χ0n) is 27.3. The van der Waals surface area contributed by atoms with E-state index >= 15 is 0 Å². The Hall–Kier alpha value is -4.52. The summed E-state index contributed by atoms with van der Waals surface area (Å²) < 4.78 is 10.4. The number of halogens is 1. The Morgan fingerprint density at radius 1 is 0.979 bits per heavy atom. The van der Waals surface area contributed by atoms with E-state index < -0.39 is 17.7 Å². The molecule has 0 unspecified atom stereocenters. The second kappa shape index (κ2) is 17.0. The number of aromatic amines is 1. The first kappa shape index (κ1) is 36.3. The first-order valence-corrected chi connectivity index (χ1v) is 16.0. The van der Waals surface area contributed by atoms with Crippen molar-refractivity contribution in [2.75, 3.05) is 38.7 Å². The zero-order chi connectivity index (χ0) is 33.3. The van der Waals surface area contributed by atoms with Crippen molar-refractivity contribution >= 4 is 29.9 Å². The molecule has 1 aliphatic carbocycles. The molecule has 256 valence electrons. The second-order valence-corrected chi connectivity index (χ2v) is 12.4. The summed E-state index contributed by atoms with van der Waals surface area (Å²) in [5.74, 6) is -0.412. The number of anilines is 1. The lowest BCUT2D eigenvalue weighted by Gasteiger charge is -2.35. The van der Waals surface area contributed by atoms with Crippen LogP contribution in [-0.2, 0) is 16.0 Å². The second-order valence-electron chi connectivity index (χ2n) is 12.4. The van der Waals surface area contributed by atoms with Crippen LogP contribution in [0.4, 0.5) is 5.69 Å². The fourth-order valence-corrected chi connectivity index (χ4v) is 6.01. The monoisotopic (exact) mass is 677 g/mol. The topological polar surface area (TPSA) is 174 Å². The van der Waals surface area contributed by atoms with E-state index in [1.807, 2.05) is 50.5 Å². The van der Waals surface area contributed by atoms with Crippen LogP contribution in [-0.4, -0.2) is 71.7 Å². The molecule has 1 aliphatic rings. The van der Waals surface area contributed by atoms with Gasteiger partial charge < -0.3 is 21.1 Å². The SMILES string of the molecule is CN(C)CCCOc1ccc(-c2ccc(C[C@@H](C(N)=O)N(c3ccc(-c4noc(=O)[nH]4)cc3)C(=O)[C@H]3CC[C@H](CN)CC3)cc2)cn1.Cl. The number of rotatable bonds is 14. The van der Waals surface area contributed by atoms with Crippen molar-refractivity contribution in [1.82, 2.24) is 20.0 Å². The maximum absolute atomic E-state index is 14.2. The molecule has 4 aromatic rings. The molecule has 2 aromatic heterocycles. The Kier molecular flexibility index (Phi) is 12.9. The molecule has 0 radical (unpaired) electrons. The summed E-state index contributed by atoms with van der Waals surface area (Å²) >= 11 is 0. The lowest BCUT2D eigenvalue weighted by atomic mass is 9.81. The highest BCUT2D eigenvalue weighted by atomic mass is 35.5. The van der Waals surface area contributed by atoms with Crippen molar-refractivity contribution in [3.05, 3.63) is 83.0 Å². The van der Waals surface area contributed by atoms with Gasteiger partial charge in [-0.25, -0.2) is 9.78 Å². The number of nitrogens with two attached hydrogens (primary N) is 2. The summed E-state index contributed by atoms with van der Waals surface area (Å²) in [5, 5.41) is 3.74. The smallest absolute Gasteiger partial charge is 0.439 e. The van der Waals surface area contributed by atoms with Gasteiger partial charge in [-0.1, -0.05) is 29.4 Å². The van der Waals surface area contributed by atoms with E-state index in [9.17, 15) is 14.4 Å². The summed E-state index contributed by atoms with van der Waals surface area (Å²) in [4.78, 5) is 49.3. The molecule has 12 nitrogen and oxygen atoms in total. The Morgan fingerprint density at radius 3 is 2.21 bits per heavy atom. The third-order valence-electron chi connectivity index (χ3n) is 8.72. The summed E-state index contributed by atoms with van der Waals surface area (Å²) in [6, 6.07) is 17.6. The molecule has 1 saturated carbocycles. The number of primary amides is 1. The van der Waals surface area contributed by atoms with Crippen molar-refractivity contribution in [3.8, 4) is 28.4 Å². The molecule has 2 aromatic carbocycles. The average molecular weight is 678 g/mol. The minimum absolute atomic E-state index is 0. The van der Waals surface area contributed by atoms with Crippen molar-refractivity contribution < 1.29 is 18.8 Å². The van der Waals surface area contributed by atoms with Gasteiger partial charge in [-0.15, -0.1) is 12.4 Å². The molecular weight excluding hydrogens is 634 g/mol. The first-order valence-electron chi connectivity index (χ1n) is 16.0. The number of carbonyl (C=O) groups excluding carboxylic acids is 2. The number of pyridine rings is 1. The van der Waals surface area contributed by atoms with Gasteiger partial charge >= 0.3 is 5.76 Å². The van der Waals surface area contributed by atoms with Crippen LogP contribution in [0.3, 0.4) is 0 Å². The number of nitrogens with zero attached hydrogens (tertiary/aromatic N) is 4. The largest absolute Gasteiger partial charge is 0.478 e. The van der Waals surface area contributed by atoms with E-state index in [1.165, 1.54) is 0 Å². The predicted molar refractivity (Wildman–Crippen MR) is 187 cm³/mol. The number of ether oxygens (including phenoxy) is 1. The van der Waals surface area contributed by atoms with Crippen molar-refractivity contribution in [2.45, 2.75) is 44.6 Å². The normalized spacial score (nSPS) is 16.6. The van der Waals surface area contributed by atoms with Crippen LogP contribution in [0.5, 0.6) is 5.88 Å². The molecule has 5 N–H and O–H groups in total. The summed E-state index contributed by atoms with van der Waals surface area (Å²) in [6.45, 7) is 2.14. The van der Waals surface area contributed by atoms with Crippen LogP contribution < -0.4 is 26.9 Å². The Bertz CT molecular complexity index is 1670. The van der Waals surface area contributed by atoms with Gasteiger partial charge in [0.1, 0.15) is 6.04 Å². The van der Waals surface area contributed by atoms with Crippen LogP contribution in [0, 0.1) is 11.8 Å². The Balaban J connectivity index is 0.00000520. The standard InChI is InChI=1S/C35H43N7O5.ClH/c1-41(2)18-3-19-46-31-17-14-28(22-38-31)25-8-4-23(5-9-25)20-30(32(37)43)42(34(44)27-10-6-24(21-36)7-11-27)29-15-12-26(13-16-29)33-39-35(45)47-40-33;/h4-5,8-9,12-17,22,24,27,30H,3,6-7,10-11,18-21,36H2,1-2H3,(H2,37,43)(H,39,40,45);1H/t24-,27-,30-;/m0./s1. The Labute approximate surface area is 286 Å². The van der Waals surface area contributed by atoms with Gasteiger partial charge in [0.05, 0.1) is 6.61 Å². The van der Waals surface area contributed by atoms with E-state index in [0.717, 1.165) is 42.5 Å². The average Bonchev–Trinajstić information content (AvgIpc) is 3.53. The van der Waals surface area contributed by atoms with Crippen LogP contribution >= 0.6 is 12.4 Å². The number of aromatic nitrogens is 3. The van der Waals surface area contributed by atoms with Gasteiger partial charge in [-0.05, 0) is 100 Å². The van der Waals surface area contributed by atoms with Crippen molar-refractivity contribution in [1.29, 1.82) is 0 Å². The molecule has 1 atom stereocenters. The fraction of sp³-hybridized carbons (Fsp3) is 0.400. The highest BCUT2D eigenvalue weighted by Gasteiger charge is 2.36. The first-order chi connectivity index (χ1) is 22.7. The van der Waals surface area contributed by atoms with Crippen LogP contribution in [0.2, 0.25) is 0 Å². The molecule has 0 spiro atoms. The van der Waals surface area contributed by atoms with Crippen LogP contribution in [0.25, 0.3) is 22.5 Å². The molecule has 0 saturated heterocycles. The van der Waals surface area contributed by atoms with E-state index in [-0.39, 0.29) is 36.5 Å². The highest BCUT2D eigenvalue weighted by Crippen LogP contribution is 2.33. The predicted octanol–water partition coefficient (Wildman–Crippen LogP) is 4.04. The number of H-pyrrole nitrogens is 1. The Morgan fingerprint density at radius 2 is 1.65 bits per heavy atom. The number of carbonyl (C=O) groups is 2. The summed E-state index contributed by atoms with van der Waals surface area (Å²) in [6.07, 6.45) is 6.04. The van der Waals surface area contributed by atoms with Crippen molar-refractivity contribution in [3.63, 3.8) is 0 Å². The lowest BCUT2D eigenvalue weighted by Crippen LogP contribution is -2.52. The van der Waals surface area contributed by atoms with Gasteiger partial charge in [0.15, 0.2) is 5.82 Å². The lowest BCUT2D eigenvalue weighted by molar-refractivity contribution is -0.127. The van der Waals surface area contributed by atoms with Gasteiger partial charge in [0.25, 0.3) is 0 Å². The van der Waals surface area contributed by atoms with E-state index in [4.69, 9.17) is 16.2 Å². The van der Waals surface area contributed by atoms with E-state index in [2.05, 4.69) is 24.5 Å². The molecule has 48 heavy (non-hydrogen) atoms. The highest BCUT2D eigenvalue weighted by molar-refractivity contribution is 6.01. The maximum Gasteiger partial charge on any atom is 0.439 e. The van der Waals surface area contributed by atoms with E-state index in [0.29, 0.717) is 49.0 Å². The maximum atomic E-state index is 14.2. The molecule has 0 aliphatic heterocycles. The third-order valence-corrected chi connectivity index (χ3v) is 8.72. The summed E-state index contributed by atoms with van der Waals surface area (Å²) in [7, 11) is 4.06. The zero-order valence-corrected chi connectivity index (χ0v) is 28.2. The minimum Gasteiger partial charge on any atom is -0.478 e. The third kappa shape index (κ3) is 9.30. The number of benzene rings is 2. The van der Waals surface area contributed by atoms with Crippen LogP contribution in [0.15, 0.2) is 76.2 Å². The minimum atomic E-state index is -0.927. The van der Waals surface area contributed by atoms with E-state index in [1.54, 1.807) is 35.4 Å². The van der Waals surface area contributed by atoms with Crippen LogP contribution in [0.1, 0.15) is 37.7 Å². The van der Waals surface area contributed by atoms with Crippen molar-refractivity contribution in [2.24, 2.45) is 23.3 Å². The van der Waals surface area contributed by atoms with Gasteiger partial charge in [0.2, 0.25) is 17.7 Å². The number of nitrogens with one attached hydrogen (secondary N) is 1. The molecule has 0 bridgehead atoms. The van der Waals surface area contributed by atoms with Gasteiger partial charge in [-0.3, -0.25) is 24.0 Å². The number of hydrogen-bond acceptors (Lipinski definition) is 9. The van der Waals surface area contributed by atoms with Gasteiger partial charge in [0, 0.05) is 48.0 Å². The summed E-state index contributed by atoms with van der Waals surface area (Å²) in [5.41, 5.74) is 15.8. The quantitative estimate of drug-likeness (QED) is 0.166. The molecule has 2 amide bonds. The van der Waals surface area contributed by atoms with Gasteiger partial charge in [-0.2, -0.15) is 0 Å². The molecular formula is C35H44ClN7O5.